The van der Waals surface area contributed by atoms with Crippen molar-refractivity contribution in [1.82, 2.24) is 9.97 Å². The SMILES string of the molecule is O=[N+]([O-])c1cc(Cl)nc(Nc2ccc3ncsc3c2)c1. The molecule has 0 fully saturated rings. The van der Waals surface area contributed by atoms with Gasteiger partial charge < -0.3 is 5.32 Å². The van der Waals surface area contributed by atoms with Crippen molar-refractivity contribution in [2.24, 2.45) is 0 Å². The predicted octanol–water partition coefficient (Wildman–Crippen LogP) is 4.00. The van der Waals surface area contributed by atoms with Crippen LogP contribution < -0.4 is 5.32 Å². The van der Waals surface area contributed by atoms with Crippen molar-refractivity contribution in [1.29, 1.82) is 0 Å². The second-order valence-electron chi connectivity index (χ2n) is 3.95. The second kappa shape index (κ2) is 5.03. The van der Waals surface area contributed by atoms with Crippen LogP contribution in [-0.4, -0.2) is 14.9 Å². The first kappa shape index (κ1) is 12.8. The molecule has 8 heteroatoms. The Morgan fingerprint density at radius 1 is 1.30 bits per heavy atom. The van der Waals surface area contributed by atoms with Crippen molar-refractivity contribution in [3.8, 4) is 0 Å². The van der Waals surface area contributed by atoms with Crippen LogP contribution in [0.15, 0.2) is 35.8 Å². The molecule has 0 radical (unpaired) electrons. The van der Waals surface area contributed by atoms with Crippen LogP contribution in [0.3, 0.4) is 0 Å². The van der Waals surface area contributed by atoms with Gasteiger partial charge in [-0.25, -0.2) is 9.97 Å². The van der Waals surface area contributed by atoms with Crippen molar-refractivity contribution in [2.45, 2.75) is 0 Å². The Labute approximate surface area is 122 Å². The maximum Gasteiger partial charge on any atom is 0.276 e. The molecule has 0 atom stereocenters. The molecule has 0 aliphatic rings. The number of nitro groups is 1. The summed E-state index contributed by atoms with van der Waals surface area (Å²) in [7, 11) is 0. The minimum Gasteiger partial charge on any atom is -0.340 e. The van der Waals surface area contributed by atoms with E-state index in [0.29, 0.717) is 5.82 Å². The molecule has 0 saturated carbocycles. The van der Waals surface area contributed by atoms with Crippen molar-refractivity contribution in [3.63, 3.8) is 0 Å². The summed E-state index contributed by atoms with van der Waals surface area (Å²) < 4.78 is 1.02. The first-order valence-corrected chi connectivity index (χ1v) is 6.80. The Hall–Kier alpha value is -2.25. The number of hydrogen-bond acceptors (Lipinski definition) is 6. The van der Waals surface area contributed by atoms with Crippen LogP contribution in [-0.2, 0) is 0 Å². The van der Waals surface area contributed by atoms with E-state index in [1.807, 2.05) is 18.2 Å². The third kappa shape index (κ3) is 2.54. The standard InChI is InChI=1S/C12H7ClN4O2S/c13-11-4-8(17(18)19)5-12(16-11)15-7-1-2-9-10(3-7)20-6-14-9/h1-6H,(H,15,16). The number of pyridine rings is 1. The molecule has 0 saturated heterocycles. The number of aromatic nitrogens is 2. The number of anilines is 2. The van der Waals surface area contributed by atoms with Gasteiger partial charge in [0.25, 0.3) is 5.69 Å². The molecule has 100 valence electrons. The third-order valence-corrected chi connectivity index (χ3v) is 3.58. The van der Waals surface area contributed by atoms with E-state index in [-0.39, 0.29) is 10.8 Å². The maximum absolute atomic E-state index is 10.8. The zero-order chi connectivity index (χ0) is 14.1. The molecule has 0 aliphatic carbocycles. The molecule has 2 aromatic heterocycles. The molecule has 0 aliphatic heterocycles. The van der Waals surface area contributed by atoms with Crippen LogP contribution in [0.1, 0.15) is 0 Å². The van der Waals surface area contributed by atoms with Gasteiger partial charge in [-0.2, -0.15) is 0 Å². The third-order valence-electron chi connectivity index (χ3n) is 2.59. The molecule has 1 N–H and O–H groups in total. The second-order valence-corrected chi connectivity index (χ2v) is 5.22. The first-order chi connectivity index (χ1) is 9.61. The molecule has 20 heavy (non-hydrogen) atoms. The highest BCUT2D eigenvalue weighted by atomic mass is 35.5. The highest BCUT2D eigenvalue weighted by Crippen LogP contribution is 2.26. The van der Waals surface area contributed by atoms with E-state index in [1.54, 1.807) is 5.51 Å². The van der Waals surface area contributed by atoms with E-state index in [1.165, 1.54) is 23.5 Å². The van der Waals surface area contributed by atoms with E-state index in [0.717, 1.165) is 15.9 Å². The monoisotopic (exact) mass is 306 g/mol. The summed E-state index contributed by atoms with van der Waals surface area (Å²) in [5, 5.41) is 13.9. The molecule has 2 heterocycles. The normalized spacial score (nSPS) is 10.7. The molecular formula is C12H7ClN4O2S. The van der Waals surface area contributed by atoms with Crippen LogP contribution in [0, 0.1) is 10.1 Å². The van der Waals surface area contributed by atoms with Gasteiger partial charge in [0.05, 0.1) is 32.8 Å². The van der Waals surface area contributed by atoms with E-state index < -0.39 is 4.92 Å². The zero-order valence-corrected chi connectivity index (χ0v) is 11.5. The minimum atomic E-state index is -0.509. The molecule has 0 spiro atoms. The minimum absolute atomic E-state index is 0.0700. The fourth-order valence-electron chi connectivity index (χ4n) is 1.73. The van der Waals surface area contributed by atoms with Gasteiger partial charge in [-0.3, -0.25) is 10.1 Å². The summed E-state index contributed by atoms with van der Waals surface area (Å²) in [4.78, 5) is 18.5. The average molecular weight is 307 g/mol. The van der Waals surface area contributed by atoms with E-state index in [4.69, 9.17) is 11.6 Å². The highest BCUT2D eigenvalue weighted by Gasteiger charge is 2.10. The summed E-state index contributed by atoms with van der Waals surface area (Å²) >= 11 is 7.29. The molecule has 3 aromatic rings. The Morgan fingerprint density at radius 2 is 2.15 bits per heavy atom. The number of nitrogens with one attached hydrogen (secondary N) is 1. The molecule has 1 aromatic carbocycles. The topological polar surface area (TPSA) is 81.0 Å². The summed E-state index contributed by atoms with van der Waals surface area (Å²) in [6, 6.07) is 8.15. The van der Waals surface area contributed by atoms with Crippen molar-refractivity contribution in [2.75, 3.05) is 5.32 Å². The van der Waals surface area contributed by atoms with E-state index in [2.05, 4.69) is 15.3 Å². The van der Waals surface area contributed by atoms with Gasteiger partial charge in [0, 0.05) is 5.69 Å². The van der Waals surface area contributed by atoms with Crippen molar-refractivity contribution >= 4 is 50.3 Å². The van der Waals surface area contributed by atoms with Crippen LogP contribution in [0.25, 0.3) is 10.2 Å². The largest absolute Gasteiger partial charge is 0.340 e. The number of thiazole rings is 1. The zero-order valence-electron chi connectivity index (χ0n) is 9.91. The summed E-state index contributed by atoms with van der Waals surface area (Å²) in [6.45, 7) is 0. The molecule has 3 rings (SSSR count). The fraction of sp³-hybridized carbons (Fsp3) is 0. The number of nitrogens with zero attached hydrogens (tertiary/aromatic N) is 3. The van der Waals surface area contributed by atoms with Crippen LogP contribution in [0.2, 0.25) is 5.15 Å². The number of halogens is 1. The average Bonchev–Trinajstić information content (AvgIpc) is 2.85. The lowest BCUT2D eigenvalue weighted by Crippen LogP contribution is -1.96. The number of benzene rings is 1. The van der Waals surface area contributed by atoms with Gasteiger partial charge in [-0.15, -0.1) is 11.3 Å². The Balaban J connectivity index is 1.95. The molecule has 0 unspecified atom stereocenters. The molecule has 0 amide bonds. The van der Waals surface area contributed by atoms with Gasteiger partial charge in [0.2, 0.25) is 0 Å². The van der Waals surface area contributed by atoms with Gasteiger partial charge in [0.15, 0.2) is 0 Å². The number of fused-ring (bicyclic) bond motifs is 1. The van der Waals surface area contributed by atoms with Gasteiger partial charge in [-0.05, 0) is 18.2 Å². The van der Waals surface area contributed by atoms with Gasteiger partial charge in [0.1, 0.15) is 11.0 Å². The van der Waals surface area contributed by atoms with Crippen LogP contribution in [0.4, 0.5) is 17.2 Å². The Bertz CT molecular complexity index is 805. The first-order valence-electron chi connectivity index (χ1n) is 5.54. The molecular weight excluding hydrogens is 300 g/mol. The Kier molecular flexibility index (Phi) is 3.21. The smallest absolute Gasteiger partial charge is 0.276 e. The predicted molar refractivity (Wildman–Crippen MR) is 78.8 cm³/mol. The number of rotatable bonds is 3. The lowest BCUT2D eigenvalue weighted by Gasteiger charge is -2.05. The van der Waals surface area contributed by atoms with Gasteiger partial charge in [-0.1, -0.05) is 11.6 Å². The van der Waals surface area contributed by atoms with Crippen LogP contribution >= 0.6 is 22.9 Å². The van der Waals surface area contributed by atoms with Crippen molar-refractivity contribution in [3.05, 3.63) is 51.1 Å². The van der Waals surface area contributed by atoms with E-state index >= 15 is 0 Å². The number of hydrogen-bond donors (Lipinski definition) is 1. The summed E-state index contributed by atoms with van der Waals surface area (Å²) in [5.41, 5.74) is 3.33. The fourth-order valence-corrected chi connectivity index (χ4v) is 2.65. The maximum atomic E-state index is 10.8. The highest BCUT2D eigenvalue weighted by molar-refractivity contribution is 7.16. The van der Waals surface area contributed by atoms with Crippen LogP contribution in [0.5, 0.6) is 0 Å². The quantitative estimate of drug-likeness (QED) is 0.449. The molecule has 0 bridgehead atoms. The lowest BCUT2D eigenvalue weighted by molar-refractivity contribution is -0.384. The lowest BCUT2D eigenvalue weighted by atomic mass is 10.3. The van der Waals surface area contributed by atoms with E-state index in [9.17, 15) is 10.1 Å². The van der Waals surface area contributed by atoms with Gasteiger partial charge >= 0.3 is 0 Å². The summed E-state index contributed by atoms with van der Waals surface area (Å²) in [6.07, 6.45) is 0. The molecule has 6 nitrogen and oxygen atoms in total. The van der Waals surface area contributed by atoms with Crippen molar-refractivity contribution < 1.29 is 4.92 Å². The summed E-state index contributed by atoms with van der Waals surface area (Å²) in [5.74, 6) is 0.327. The Morgan fingerprint density at radius 3 is 2.95 bits per heavy atom.